The highest BCUT2D eigenvalue weighted by molar-refractivity contribution is 5.80. The standard InChI is InChI=1S/C24H25N3O/c1-5-18(2)11-12-19(3)22-13-24(28)26(4)17-23(22)21-14-25-27(16-21)15-20-9-7-6-8-10-20/h5-14,16-17H,1,15H2,2-4H3/b18-11-,19-12+. The molecule has 0 bridgehead atoms. The highest BCUT2D eigenvalue weighted by Crippen LogP contribution is 2.27. The van der Waals surface area contributed by atoms with Crippen molar-refractivity contribution in [2.45, 2.75) is 20.4 Å². The van der Waals surface area contributed by atoms with Crippen molar-refractivity contribution >= 4 is 5.57 Å². The highest BCUT2D eigenvalue weighted by atomic mass is 16.1. The number of nitrogens with zero attached hydrogens (tertiary/aromatic N) is 3. The molecular weight excluding hydrogens is 346 g/mol. The third kappa shape index (κ3) is 4.46. The maximum atomic E-state index is 12.3. The van der Waals surface area contributed by atoms with Crippen LogP contribution in [0, 0.1) is 0 Å². The molecule has 4 heteroatoms. The Hall–Kier alpha value is -3.40. The molecule has 0 saturated carbocycles. The molecule has 4 nitrogen and oxygen atoms in total. The lowest BCUT2D eigenvalue weighted by Gasteiger charge is -2.10. The van der Waals surface area contributed by atoms with Gasteiger partial charge in [-0.2, -0.15) is 5.10 Å². The van der Waals surface area contributed by atoms with Crippen LogP contribution in [0.15, 0.2) is 90.2 Å². The second kappa shape index (κ2) is 8.53. The molecule has 3 aromatic rings. The molecule has 0 amide bonds. The van der Waals surface area contributed by atoms with Gasteiger partial charge in [0.2, 0.25) is 0 Å². The van der Waals surface area contributed by atoms with E-state index in [1.165, 1.54) is 5.56 Å². The van der Waals surface area contributed by atoms with Crippen molar-refractivity contribution in [3.63, 3.8) is 0 Å². The van der Waals surface area contributed by atoms with Crippen LogP contribution in [0.2, 0.25) is 0 Å². The zero-order valence-electron chi connectivity index (χ0n) is 16.6. The molecule has 0 atom stereocenters. The summed E-state index contributed by atoms with van der Waals surface area (Å²) in [6.07, 6.45) is 11.6. The van der Waals surface area contributed by atoms with Crippen LogP contribution in [0.5, 0.6) is 0 Å². The van der Waals surface area contributed by atoms with Gasteiger partial charge in [-0.1, -0.05) is 60.7 Å². The molecule has 0 aliphatic carbocycles. The van der Waals surface area contributed by atoms with Gasteiger partial charge >= 0.3 is 0 Å². The highest BCUT2D eigenvalue weighted by Gasteiger charge is 2.11. The zero-order chi connectivity index (χ0) is 20.1. The molecule has 0 radical (unpaired) electrons. The molecule has 0 aliphatic heterocycles. The van der Waals surface area contributed by atoms with Gasteiger partial charge < -0.3 is 4.57 Å². The monoisotopic (exact) mass is 371 g/mol. The van der Waals surface area contributed by atoms with Crippen molar-refractivity contribution in [2.75, 3.05) is 0 Å². The van der Waals surface area contributed by atoms with Crippen LogP contribution in [0.1, 0.15) is 25.0 Å². The lowest BCUT2D eigenvalue weighted by molar-refractivity contribution is 0.687. The van der Waals surface area contributed by atoms with Gasteiger partial charge in [-0.3, -0.25) is 9.48 Å². The van der Waals surface area contributed by atoms with Crippen LogP contribution in [0.3, 0.4) is 0 Å². The van der Waals surface area contributed by atoms with E-state index >= 15 is 0 Å². The zero-order valence-corrected chi connectivity index (χ0v) is 16.6. The second-order valence-electron chi connectivity index (χ2n) is 6.93. The van der Waals surface area contributed by atoms with Gasteiger partial charge in [-0.05, 0) is 30.5 Å². The summed E-state index contributed by atoms with van der Waals surface area (Å²) in [4.78, 5) is 12.3. The first-order chi connectivity index (χ1) is 13.5. The van der Waals surface area contributed by atoms with Crippen molar-refractivity contribution in [2.24, 2.45) is 7.05 Å². The summed E-state index contributed by atoms with van der Waals surface area (Å²) in [5.74, 6) is 0. The largest absolute Gasteiger partial charge is 0.318 e. The maximum absolute atomic E-state index is 12.3. The number of hydrogen-bond acceptors (Lipinski definition) is 2. The number of allylic oxidation sites excluding steroid dienone is 5. The molecule has 0 saturated heterocycles. The maximum Gasteiger partial charge on any atom is 0.250 e. The fourth-order valence-electron chi connectivity index (χ4n) is 2.96. The fourth-order valence-corrected chi connectivity index (χ4v) is 2.96. The van der Waals surface area contributed by atoms with E-state index in [9.17, 15) is 4.79 Å². The van der Waals surface area contributed by atoms with Gasteiger partial charge in [-0.15, -0.1) is 0 Å². The molecule has 1 aromatic carbocycles. The lowest BCUT2D eigenvalue weighted by atomic mass is 9.98. The van der Waals surface area contributed by atoms with E-state index in [1.807, 2.05) is 73.5 Å². The summed E-state index contributed by atoms with van der Waals surface area (Å²) in [5, 5.41) is 4.51. The number of rotatable bonds is 6. The van der Waals surface area contributed by atoms with Crippen molar-refractivity contribution in [1.29, 1.82) is 0 Å². The minimum Gasteiger partial charge on any atom is -0.318 e. The van der Waals surface area contributed by atoms with Crippen molar-refractivity contribution in [1.82, 2.24) is 14.3 Å². The lowest BCUT2D eigenvalue weighted by Crippen LogP contribution is -2.16. The number of hydrogen-bond donors (Lipinski definition) is 0. The molecule has 2 heterocycles. The molecule has 0 unspecified atom stereocenters. The van der Waals surface area contributed by atoms with Crippen molar-refractivity contribution in [3.05, 3.63) is 107 Å². The predicted molar refractivity (Wildman–Crippen MR) is 116 cm³/mol. The summed E-state index contributed by atoms with van der Waals surface area (Å²) in [5.41, 5.74) is 6.13. The summed E-state index contributed by atoms with van der Waals surface area (Å²) in [6.45, 7) is 8.49. The van der Waals surface area contributed by atoms with E-state index in [-0.39, 0.29) is 5.56 Å². The normalized spacial score (nSPS) is 12.2. The molecule has 28 heavy (non-hydrogen) atoms. The van der Waals surface area contributed by atoms with Crippen LogP contribution in [-0.2, 0) is 13.6 Å². The number of pyridine rings is 1. The molecule has 3 rings (SSSR count). The summed E-state index contributed by atoms with van der Waals surface area (Å²) >= 11 is 0. The van der Waals surface area contributed by atoms with E-state index < -0.39 is 0 Å². The Kier molecular flexibility index (Phi) is 5.90. The summed E-state index contributed by atoms with van der Waals surface area (Å²) in [6, 6.07) is 11.9. The Morgan fingerprint density at radius 2 is 1.89 bits per heavy atom. The van der Waals surface area contributed by atoms with Gasteiger partial charge in [0.05, 0.1) is 12.7 Å². The third-order valence-electron chi connectivity index (χ3n) is 4.70. The van der Waals surface area contributed by atoms with Gasteiger partial charge in [-0.25, -0.2) is 0 Å². The summed E-state index contributed by atoms with van der Waals surface area (Å²) < 4.78 is 3.52. The Morgan fingerprint density at radius 1 is 1.14 bits per heavy atom. The molecule has 2 aromatic heterocycles. The van der Waals surface area contributed by atoms with E-state index in [0.717, 1.165) is 27.8 Å². The van der Waals surface area contributed by atoms with E-state index in [4.69, 9.17) is 0 Å². The van der Waals surface area contributed by atoms with E-state index in [0.29, 0.717) is 6.54 Å². The molecule has 0 spiro atoms. The number of aryl methyl sites for hydroxylation is 1. The first-order valence-corrected chi connectivity index (χ1v) is 9.23. The summed E-state index contributed by atoms with van der Waals surface area (Å²) in [7, 11) is 1.77. The Morgan fingerprint density at radius 3 is 2.61 bits per heavy atom. The molecule has 0 N–H and O–H groups in total. The van der Waals surface area contributed by atoms with Crippen LogP contribution in [-0.4, -0.2) is 14.3 Å². The number of benzene rings is 1. The van der Waals surface area contributed by atoms with Crippen LogP contribution in [0.4, 0.5) is 0 Å². The minimum atomic E-state index is -0.0346. The van der Waals surface area contributed by atoms with Gasteiger partial charge in [0.1, 0.15) is 0 Å². The Balaban J connectivity index is 2.01. The first-order valence-electron chi connectivity index (χ1n) is 9.23. The predicted octanol–water partition coefficient (Wildman–Crippen LogP) is 4.83. The topological polar surface area (TPSA) is 39.8 Å². The second-order valence-corrected chi connectivity index (χ2v) is 6.93. The molecular formula is C24H25N3O. The average molecular weight is 371 g/mol. The van der Waals surface area contributed by atoms with E-state index in [1.54, 1.807) is 17.7 Å². The molecule has 0 aliphatic rings. The molecule has 142 valence electrons. The molecule has 0 fully saturated rings. The van der Waals surface area contributed by atoms with Crippen molar-refractivity contribution < 1.29 is 0 Å². The van der Waals surface area contributed by atoms with Gasteiger partial charge in [0.15, 0.2) is 0 Å². The van der Waals surface area contributed by atoms with Crippen molar-refractivity contribution in [3.8, 4) is 11.1 Å². The SMILES string of the molecule is C=C/C(C)=C\C=C(/C)c1cc(=O)n(C)cc1-c1cnn(Cc2ccccc2)c1. The van der Waals surface area contributed by atoms with E-state index in [2.05, 4.69) is 23.8 Å². The average Bonchev–Trinajstić information content (AvgIpc) is 3.16. The number of aromatic nitrogens is 3. The fraction of sp³-hybridized carbons (Fsp3) is 0.167. The van der Waals surface area contributed by atoms with Crippen LogP contribution >= 0.6 is 0 Å². The third-order valence-corrected chi connectivity index (χ3v) is 4.70. The smallest absolute Gasteiger partial charge is 0.250 e. The quantitative estimate of drug-likeness (QED) is 0.582. The first kappa shape index (κ1) is 19.4. The Labute approximate surface area is 165 Å². The Bertz CT molecular complexity index is 1100. The van der Waals surface area contributed by atoms with Crippen LogP contribution < -0.4 is 5.56 Å². The van der Waals surface area contributed by atoms with Gasteiger partial charge in [0.25, 0.3) is 5.56 Å². The van der Waals surface area contributed by atoms with Crippen LogP contribution in [0.25, 0.3) is 16.7 Å². The van der Waals surface area contributed by atoms with Gasteiger partial charge in [0, 0.05) is 36.6 Å². The minimum absolute atomic E-state index is 0.0346.